The molecule has 1 amide bonds. The highest BCUT2D eigenvalue weighted by atomic mass is 35.5. The van der Waals surface area contributed by atoms with Gasteiger partial charge in [-0.1, -0.05) is 29.8 Å². The summed E-state index contributed by atoms with van der Waals surface area (Å²) in [6.07, 6.45) is 5.32. The van der Waals surface area contributed by atoms with E-state index in [0.29, 0.717) is 23.8 Å². The molecule has 0 aliphatic rings. The molecule has 6 heteroatoms. The first-order valence-corrected chi connectivity index (χ1v) is 7.92. The van der Waals surface area contributed by atoms with Crippen molar-refractivity contribution in [1.29, 1.82) is 0 Å². The zero-order valence-electron chi connectivity index (χ0n) is 13.3. The Morgan fingerprint density at radius 2 is 2.08 bits per heavy atom. The first-order valence-electron chi connectivity index (χ1n) is 7.54. The standard InChI is InChI=1S/C18H17ClN4O/c1-22(12-15-6-7-17(19)20-11-15)18(24)16-5-2-4-14(10-16)13-23-9-3-8-21-23/h2-11H,12-13H2,1H3. The summed E-state index contributed by atoms with van der Waals surface area (Å²) in [5, 5.41) is 4.63. The third kappa shape index (κ3) is 4.00. The van der Waals surface area contributed by atoms with Gasteiger partial charge in [0.05, 0.1) is 6.54 Å². The van der Waals surface area contributed by atoms with E-state index in [1.807, 2.05) is 47.3 Å². The van der Waals surface area contributed by atoms with Crippen LogP contribution < -0.4 is 0 Å². The summed E-state index contributed by atoms with van der Waals surface area (Å²) >= 11 is 5.78. The van der Waals surface area contributed by atoms with Gasteiger partial charge in [-0.05, 0) is 35.4 Å². The molecule has 0 saturated carbocycles. The molecule has 3 aromatic rings. The number of carbonyl (C=O) groups excluding carboxylic acids is 1. The maximum Gasteiger partial charge on any atom is 0.253 e. The topological polar surface area (TPSA) is 51.0 Å². The second-order valence-electron chi connectivity index (χ2n) is 5.55. The average Bonchev–Trinajstić information content (AvgIpc) is 3.09. The Hall–Kier alpha value is -2.66. The van der Waals surface area contributed by atoms with E-state index < -0.39 is 0 Å². The quantitative estimate of drug-likeness (QED) is 0.670. The van der Waals surface area contributed by atoms with Crippen LogP contribution in [0, 0.1) is 0 Å². The maximum absolute atomic E-state index is 12.6. The van der Waals surface area contributed by atoms with Crippen molar-refractivity contribution < 1.29 is 4.79 Å². The van der Waals surface area contributed by atoms with Crippen molar-refractivity contribution in [2.45, 2.75) is 13.1 Å². The van der Waals surface area contributed by atoms with E-state index >= 15 is 0 Å². The highest BCUT2D eigenvalue weighted by Gasteiger charge is 2.13. The molecule has 0 radical (unpaired) electrons. The fourth-order valence-corrected chi connectivity index (χ4v) is 2.56. The van der Waals surface area contributed by atoms with Crippen molar-refractivity contribution >= 4 is 17.5 Å². The molecule has 0 bridgehead atoms. The SMILES string of the molecule is CN(Cc1ccc(Cl)nc1)C(=O)c1cccc(Cn2cccn2)c1. The van der Waals surface area contributed by atoms with Gasteiger partial charge in [0, 0.05) is 37.7 Å². The van der Waals surface area contributed by atoms with Crippen LogP contribution in [0.15, 0.2) is 61.1 Å². The molecule has 1 aromatic carbocycles. The molecule has 0 fully saturated rings. The van der Waals surface area contributed by atoms with Gasteiger partial charge >= 0.3 is 0 Å². The number of benzene rings is 1. The molecule has 0 atom stereocenters. The minimum absolute atomic E-state index is 0.0349. The van der Waals surface area contributed by atoms with Crippen LogP contribution in [0.2, 0.25) is 5.15 Å². The lowest BCUT2D eigenvalue weighted by Gasteiger charge is -2.17. The largest absolute Gasteiger partial charge is 0.337 e. The molecule has 0 saturated heterocycles. The first kappa shape index (κ1) is 16.2. The lowest BCUT2D eigenvalue weighted by molar-refractivity contribution is 0.0785. The first-order chi connectivity index (χ1) is 11.6. The van der Waals surface area contributed by atoms with Gasteiger partial charge in [0.15, 0.2) is 0 Å². The van der Waals surface area contributed by atoms with E-state index in [1.165, 1.54) is 0 Å². The van der Waals surface area contributed by atoms with Crippen LogP contribution >= 0.6 is 11.6 Å². The number of rotatable bonds is 5. The lowest BCUT2D eigenvalue weighted by atomic mass is 10.1. The molecular formula is C18H17ClN4O. The van der Waals surface area contributed by atoms with E-state index in [4.69, 9.17) is 11.6 Å². The zero-order chi connectivity index (χ0) is 16.9. The van der Waals surface area contributed by atoms with Crippen molar-refractivity contribution in [3.63, 3.8) is 0 Å². The molecule has 0 spiro atoms. The second kappa shape index (κ2) is 7.27. The molecule has 0 aliphatic carbocycles. The molecule has 5 nitrogen and oxygen atoms in total. The van der Waals surface area contributed by atoms with Crippen molar-refractivity contribution in [2.75, 3.05) is 7.05 Å². The molecule has 3 rings (SSSR count). The zero-order valence-corrected chi connectivity index (χ0v) is 14.0. The number of pyridine rings is 1. The maximum atomic E-state index is 12.6. The van der Waals surface area contributed by atoms with Gasteiger partial charge < -0.3 is 4.90 Å². The van der Waals surface area contributed by atoms with E-state index in [0.717, 1.165) is 11.1 Å². The van der Waals surface area contributed by atoms with E-state index in [1.54, 1.807) is 30.4 Å². The molecule has 0 unspecified atom stereocenters. The number of hydrogen-bond donors (Lipinski definition) is 0. The summed E-state index contributed by atoms with van der Waals surface area (Å²) in [5.41, 5.74) is 2.62. The van der Waals surface area contributed by atoms with Crippen molar-refractivity contribution in [1.82, 2.24) is 19.7 Å². The fourth-order valence-electron chi connectivity index (χ4n) is 2.45. The summed E-state index contributed by atoms with van der Waals surface area (Å²) in [4.78, 5) is 18.3. The summed E-state index contributed by atoms with van der Waals surface area (Å²) < 4.78 is 1.83. The Kier molecular flexibility index (Phi) is 4.91. The monoisotopic (exact) mass is 340 g/mol. The van der Waals surface area contributed by atoms with Gasteiger partial charge in [0.1, 0.15) is 5.15 Å². The molecule has 2 heterocycles. The number of carbonyl (C=O) groups is 1. The number of nitrogens with zero attached hydrogens (tertiary/aromatic N) is 4. The molecule has 0 N–H and O–H groups in total. The van der Waals surface area contributed by atoms with Crippen molar-refractivity contribution in [3.8, 4) is 0 Å². The van der Waals surface area contributed by atoms with E-state index in [-0.39, 0.29) is 5.91 Å². The smallest absolute Gasteiger partial charge is 0.253 e. The normalized spacial score (nSPS) is 10.6. The number of hydrogen-bond acceptors (Lipinski definition) is 3. The Labute approximate surface area is 145 Å². The van der Waals surface area contributed by atoms with Crippen LogP contribution in [0.5, 0.6) is 0 Å². The third-order valence-electron chi connectivity index (χ3n) is 3.63. The van der Waals surface area contributed by atoms with Gasteiger partial charge in [0.2, 0.25) is 0 Å². The predicted octanol–water partition coefficient (Wildman–Crippen LogP) is 3.25. The van der Waals surface area contributed by atoms with Gasteiger partial charge in [-0.2, -0.15) is 5.10 Å². The highest BCUT2D eigenvalue weighted by Crippen LogP contribution is 2.12. The Morgan fingerprint density at radius 1 is 1.21 bits per heavy atom. The van der Waals surface area contributed by atoms with E-state index in [2.05, 4.69) is 10.1 Å². The molecule has 2 aromatic heterocycles. The number of aromatic nitrogens is 3. The Bertz CT molecular complexity index is 815. The number of halogens is 1. The average molecular weight is 341 g/mol. The fraction of sp³-hybridized carbons (Fsp3) is 0.167. The number of amides is 1. The van der Waals surface area contributed by atoms with Gasteiger partial charge in [0.25, 0.3) is 5.91 Å². The van der Waals surface area contributed by atoms with Gasteiger partial charge in [-0.15, -0.1) is 0 Å². The summed E-state index contributed by atoms with van der Waals surface area (Å²) in [7, 11) is 1.77. The second-order valence-corrected chi connectivity index (χ2v) is 5.94. The summed E-state index contributed by atoms with van der Waals surface area (Å²) in [5.74, 6) is -0.0349. The van der Waals surface area contributed by atoms with Gasteiger partial charge in [-0.3, -0.25) is 9.48 Å². The predicted molar refractivity (Wildman–Crippen MR) is 92.8 cm³/mol. The Balaban J connectivity index is 1.70. The van der Waals surface area contributed by atoms with Gasteiger partial charge in [-0.25, -0.2) is 4.98 Å². The van der Waals surface area contributed by atoms with Crippen LogP contribution in [-0.2, 0) is 13.1 Å². The molecule has 0 aliphatic heterocycles. The highest BCUT2D eigenvalue weighted by molar-refractivity contribution is 6.29. The van der Waals surface area contributed by atoms with Crippen molar-refractivity contribution in [3.05, 3.63) is 82.9 Å². The van der Waals surface area contributed by atoms with Crippen LogP contribution in [0.1, 0.15) is 21.5 Å². The molecular weight excluding hydrogens is 324 g/mol. The lowest BCUT2D eigenvalue weighted by Crippen LogP contribution is -2.26. The minimum atomic E-state index is -0.0349. The van der Waals surface area contributed by atoms with Crippen molar-refractivity contribution in [2.24, 2.45) is 0 Å². The van der Waals surface area contributed by atoms with Crippen LogP contribution in [-0.4, -0.2) is 32.6 Å². The molecule has 122 valence electrons. The van der Waals surface area contributed by atoms with Crippen LogP contribution in [0.25, 0.3) is 0 Å². The van der Waals surface area contributed by atoms with E-state index in [9.17, 15) is 4.79 Å². The van der Waals surface area contributed by atoms with Crippen LogP contribution in [0.3, 0.4) is 0 Å². The molecule has 24 heavy (non-hydrogen) atoms. The van der Waals surface area contributed by atoms with Crippen LogP contribution in [0.4, 0.5) is 0 Å². The minimum Gasteiger partial charge on any atom is -0.337 e. The summed E-state index contributed by atoms with van der Waals surface area (Å²) in [6, 6.07) is 13.1. The Morgan fingerprint density at radius 3 is 2.79 bits per heavy atom. The third-order valence-corrected chi connectivity index (χ3v) is 3.86. The summed E-state index contributed by atoms with van der Waals surface area (Å²) in [6.45, 7) is 1.12.